The van der Waals surface area contributed by atoms with Gasteiger partial charge in [-0.3, -0.25) is 0 Å². The van der Waals surface area contributed by atoms with Crippen molar-refractivity contribution in [2.24, 2.45) is 11.8 Å². The predicted octanol–water partition coefficient (Wildman–Crippen LogP) is 7.50. The minimum absolute atomic E-state index is 0.834. The van der Waals surface area contributed by atoms with Crippen LogP contribution in [0.25, 0.3) is 0 Å². The molecule has 0 spiro atoms. The van der Waals surface area contributed by atoms with Crippen molar-refractivity contribution in [1.82, 2.24) is 0 Å². The van der Waals surface area contributed by atoms with Crippen molar-refractivity contribution in [2.75, 3.05) is 11.8 Å². The van der Waals surface area contributed by atoms with E-state index in [1.54, 1.807) is 0 Å². The third kappa shape index (κ3) is 10.7. The van der Waals surface area contributed by atoms with Gasteiger partial charge in [-0.1, -0.05) is 50.0 Å². The summed E-state index contributed by atoms with van der Waals surface area (Å²) in [6.07, 6.45) is 25.3. The molecule has 0 bridgehead atoms. The van der Waals surface area contributed by atoms with Crippen LogP contribution in [0.3, 0.4) is 0 Å². The Labute approximate surface area is 148 Å². The molecular weight excluding hydrogens is 311 g/mol. The van der Waals surface area contributed by atoms with Gasteiger partial charge in [-0.15, -0.1) is 23.2 Å². The second-order valence-corrected chi connectivity index (χ2v) is 7.36. The van der Waals surface area contributed by atoms with Crippen molar-refractivity contribution >= 4 is 23.2 Å². The van der Waals surface area contributed by atoms with Crippen LogP contribution in [-0.4, -0.2) is 11.8 Å². The minimum atomic E-state index is 0.834. The number of allylic oxidation sites excluding steroid dienone is 4. The smallest absolute Gasteiger partial charge is 0.0223 e. The average molecular weight is 345 g/mol. The first-order valence-corrected chi connectivity index (χ1v) is 10.4. The fraction of sp³-hybridized carbons (Fsp3) is 0.800. The molecule has 0 aromatic carbocycles. The van der Waals surface area contributed by atoms with E-state index in [0.29, 0.717) is 0 Å². The average Bonchev–Trinajstić information content (AvgIpc) is 3.22. The molecule has 0 N–H and O–H groups in total. The maximum Gasteiger partial charge on any atom is 0.0223 e. The first-order valence-electron chi connectivity index (χ1n) is 9.32. The van der Waals surface area contributed by atoms with E-state index in [9.17, 15) is 0 Å². The molecule has 0 heterocycles. The number of alkyl halides is 2. The number of hydrogen-bond acceptors (Lipinski definition) is 0. The van der Waals surface area contributed by atoms with Gasteiger partial charge in [0.05, 0.1) is 0 Å². The number of halogens is 2. The van der Waals surface area contributed by atoms with Crippen molar-refractivity contribution in [3.63, 3.8) is 0 Å². The lowest BCUT2D eigenvalue weighted by Crippen LogP contribution is -1.91. The molecule has 0 nitrogen and oxygen atoms in total. The summed E-state index contributed by atoms with van der Waals surface area (Å²) in [6, 6.07) is 0. The molecule has 0 saturated heterocycles. The van der Waals surface area contributed by atoms with Gasteiger partial charge < -0.3 is 0 Å². The summed E-state index contributed by atoms with van der Waals surface area (Å²) >= 11 is 11.2. The minimum Gasteiger partial charge on any atom is -0.127 e. The first kappa shape index (κ1) is 20.1. The topological polar surface area (TPSA) is 0 Å². The normalized spacial score (nSPS) is 22.8. The lowest BCUT2D eigenvalue weighted by molar-refractivity contribution is 0.532. The van der Waals surface area contributed by atoms with Crippen molar-refractivity contribution in [3.05, 3.63) is 24.3 Å². The molecule has 0 saturated carbocycles. The largest absolute Gasteiger partial charge is 0.127 e. The van der Waals surface area contributed by atoms with Crippen LogP contribution in [0.1, 0.15) is 77.0 Å². The Morgan fingerprint density at radius 1 is 0.636 bits per heavy atom. The second-order valence-electron chi connectivity index (χ2n) is 6.61. The highest BCUT2D eigenvalue weighted by Crippen LogP contribution is 2.23. The molecule has 2 aliphatic carbocycles. The van der Waals surface area contributed by atoms with E-state index in [0.717, 1.165) is 23.6 Å². The second kappa shape index (κ2) is 14.6. The molecule has 128 valence electrons. The quantitative estimate of drug-likeness (QED) is 0.218. The van der Waals surface area contributed by atoms with Crippen LogP contribution in [0.5, 0.6) is 0 Å². The van der Waals surface area contributed by atoms with Crippen LogP contribution in [0.15, 0.2) is 24.3 Å². The van der Waals surface area contributed by atoms with E-state index < -0.39 is 0 Å². The Morgan fingerprint density at radius 2 is 1.09 bits per heavy atom. The van der Waals surface area contributed by atoms with Gasteiger partial charge in [-0.25, -0.2) is 0 Å². The van der Waals surface area contributed by atoms with Crippen LogP contribution in [0.2, 0.25) is 0 Å². The molecule has 2 rings (SSSR count). The maximum absolute atomic E-state index is 5.58. The van der Waals surface area contributed by atoms with Crippen molar-refractivity contribution < 1.29 is 0 Å². The Morgan fingerprint density at radius 3 is 1.41 bits per heavy atom. The van der Waals surface area contributed by atoms with Gasteiger partial charge in [0.2, 0.25) is 0 Å². The van der Waals surface area contributed by atoms with Gasteiger partial charge >= 0.3 is 0 Å². The predicted molar refractivity (Wildman–Crippen MR) is 102 cm³/mol. The molecule has 2 unspecified atom stereocenters. The third-order valence-electron chi connectivity index (χ3n) is 4.64. The van der Waals surface area contributed by atoms with Crippen LogP contribution in [-0.2, 0) is 0 Å². The van der Waals surface area contributed by atoms with Crippen LogP contribution < -0.4 is 0 Å². The first-order chi connectivity index (χ1) is 10.9. The summed E-state index contributed by atoms with van der Waals surface area (Å²) < 4.78 is 0. The summed E-state index contributed by atoms with van der Waals surface area (Å²) in [5, 5.41) is 0. The monoisotopic (exact) mass is 344 g/mol. The molecule has 0 aromatic heterocycles. The van der Waals surface area contributed by atoms with Gasteiger partial charge in [0.25, 0.3) is 0 Å². The number of rotatable bonds is 10. The summed E-state index contributed by atoms with van der Waals surface area (Å²) in [5.41, 5.74) is 0. The maximum atomic E-state index is 5.58. The Kier molecular flexibility index (Phi) is 13.4. The third-order valence-corrected chi connectivity index (χ3v) is 5.18. The molecule has 2 aliphatic rings. The molecular formula is C20H34Cl2. The van der Waals surface area contributed by atoms with E-state index >= 15 is 0 Å². The highest BCUT2D eigenvalue weighted by atomic mass is 35.5. The van der Waals surface area contributed by atoms with Gasteiger partial charge in [0.1, 0.15) is 0 Å². The fourth-order valence-corrected chi connectivity index (χ4v) is 3.61. The molecule has 0 fully saturated rings. The molecule has 2 heteroatoms. The number of unbranched alkanes of at least 4 members (excludes halogenated alkanes) is 4. The molecule has 22 heavy (non-hydrogen) atoms. The summed E-state index contributed by atoms with van der Waals surface area (Å²) in [4.78, 5) is 0. The van der Waals surface area contributed by atoms with Crippen LogP contribution in [0.4, 0.5) is 0 Å². The Bertz CT molecular complexity index is 266. The zero-order valence-corrected chi connectivity index (χ0v) is 15.6. The van der Waals surface area contributed by atoms with Crippen molar-refractivity contribution in [1.29, 1.82) is 0 Å². The zero-order valence-electron chi connectivity index (χ0n) is 14.1. The van der Waals surface area contributed by atoms with Gasteiger partial charge in [0.15, 0.2) is 0 Å². The summed E-state index contributed by atoms with van der Waals surface area (Å²) in [6.45, 7) is 0. The molecule has 0 aromatic rings. The SMILES string of the molecule is ClCCCCCC1C=CCC1.ClCCCCCC1C=CCC1. The highest BCUT2D eigenvalue weighted by Gasteiger charge is 2.08. The van der Waals surface area contributed by atoms with Gasteiger partial charge in [-0.05, 0) is 63.2 Å². The van der Waals surface area contributed by atoms with Crippen molar-refractivity contribution in [3.8, 4) is 0 Å². The van der Waals surface area contributed by atoms with Crippen molar-refractivity contribution in [2.45, 2.75) is 77.0 Å². The summed E-state index contributed by atoms with van der Waals surface area (Å²) in [5.74, 6) is 3.46. The number of hydrogen-bond donors (Lipinski definition) is 0. The van der Waals surface area contributed by atoms with Gasteiger partial charge in [-0.2, -0.15) is 0 Å². The highest BCUT2D eigenvalue weighted by molar-refractivity contribution is 6.18. The zero-order chi connectivity index (χ0) is 15.9. The molecule has 0 radical (unpaired) electrons. The van der Waals surface area contributed by atoms with E-state index in [4.69, 9.17) is 23.2 Å². The van der Waals surface area contributed by atoms with E-state index in [1.807, 2.05) is 0 Å². The summed E-state index contributed by atoms with van der Waals surface area (Å²) in [7, 11) is 0. The molecule has 0 aliphatic heterocycles. The lowest BCUT2D eigenvalue weighted by atomic mass is 10.0. The Balaban J connectivity index is 0.000000220. The van der Waals surface area contributed by atoms with E-state index in [2.05, 4.69) is 24.3 Å². The molecule has 0 amide bonds. The standard InChI is InChI=1S/2C10H17Cl/c2*11-9-5-1-2-6-10-7-3-4-8-10/h2*3,7,10H,1-2,4-6,8-9H2. The Hall–Kier alpha value is 0.0600. The van der Waals surface area contributed by atoms with Crippen LogP contribution in [0, 0.1) is 11.8 Å². The lowest BCUT2D eigenvalue weighted by Gasteiger charge is -2.05. The van der Waals surface area contributed by atoms with Crippen LogP contribution >= 0.6 is 23.2 Å². The fourth-order valence-electron chi connectivity index (χ4n) is 3.23. The molecule has 2 atom stereocenters. The van der Waals surface area contributed by atoms with E-state index in [-0.39, 0.29) is 0 Å². The van der Waals surface area contributed by atoms with E-state index in [1.165, 1.54) is 77.0 Å². The van der Waals surface area contributed by atoms with Gasteiger partial charge in [0, 0.05) is 11.8 Å².